The summed E-state index contributed by atoms with van der Waals surface area (Å²) in [5.74, 6) is -0.579. The van der Waals surface area contributed by atoms with Crippen LogP contribution in [-0.2, 0) is 11.3 Å². The number of hydrogen-bond donors (Lipinski definition) is 1. The van der Waals surface area contributed by atoms with Crippen molar-refractivity contribution < 1.29 is 4.79 Å². The molecule has 0 unspecified atom stereocenters. The first-order valence-corrected chi connectivity index (χ1v) is 5.18. The Balaban J connectivity index is 2.99. The number of nitrogens with zero attached hydrogens (tertiary/aromatic N) is 3. The lowest BCUT2D eigenvalue weighted by Gasteiger charge is -2.20. The number of anilines is 1. The van der Waals surface area contributed by atoms with E-state index in [1.807, 2.05) is 18.7 Å². The molecule has 0 aliphatic carbocycles. The van der Waals surface area contributed by atoms with Gasteiger partial charge >= 0.3 is 0 Å². The summed E-state index contributed by atoms with van der Waals surface area (Å²) in [5.41, 5.74) is 5.44. The molecule has 0 aromatic carbocycles. The molecule has 1 amide bonds. The fourth-order valence-corrected chi connectivity index (χ4v) is 1.45. The van der Waals surface area contributed by atoms with Crippen LogP contribution in [0.2, 0.25) is 0 Å². The highest BCUT2D eigenvalue weighted by molar-refractivity contribution is 5.73. The van der Waals surface area contributed by atoms with E-state index in [0.717, 1.165) is 23.5 Å². The summed E-state index contributed by atoms with van der Waals surface area (Å²) in [7, 11) is 0. The topological polar surface area (TPSA) is 81.2 Å². The Bertz CT molecular complexity index is 423. The van der Waals surface area contributed by atoms with Gasteiger partial charge in [-0.05, 0) is 13.8 Å². The van der Waals surface area contributed by atoms with E-state index in [2.05, 4.69) is 5.10 Å². The van der Waals surface area contributed by atoms with Crippen molar-refractivity contribution in [2.45, 2.75) is 20.4 Å². The molecule has 1 aromatic heterocycles. The lowest BCUT2D eigenvalue weighted by atomic mass is 10.4. The molecule has 0 atom stereocenters. The summed E-state index contributed by atoms with van der Waals surface area (Å²) in [4.78, 5) is 24.2. The van der Waals surface area contributed by atoms with Gasteiger partial charge in [-0.25, -0.2) is 4.68 Å². The first kappa shape index (κ1) is 12.2. The summed E-state index contributed by atoms with van der Waals surface area (Å²) in [5, 5.41) is 3.90. The summed E-state index contributed by atoms with van der Waals surface area (Å²) in [6.07, 6.45) is 1.57. The van der Waals surface area contributed by atoms with Gasteiger partial charge in [-0.15, -0.1) is 0 Å². The number of aromatic nitrogens is 2. The van der Waals surface area contributed by atoms with Crippen LogP contribution in [0.3, 0.4) is 0 Å². The highest BCUT2D eigenvalue weighted by Gasteiger charge is 2.06. The van der Waals surface area contributed by atoms with Crippen molar-refractivity contribution in [3.8, 4) is 0 Å². The molecule has 0 spiro atoms. The Morgan fingerprint density at radius 2 is 2.12 bits per heavy atom. The van der Waals surface area contributed by atoms with Crippen LogP contribution in [-0.4, -0.2) is 28.8 Å². The summed E-state index contributed by atoms with van der Waals surface area (Å²) in [6.45, 7) is 5.42. The van der Waals surface area contributed by atoms with Gasteiger partial charge in [0.1, 0.15) is 6.54 Å². The molecule has 6 heteroatoms. The van der Waals surface area contributed by atoms with E-state index in [4.69, 9.17) is 5.73 Å². The second kappa shape index (κ2) is 5.29. The summed E-state index contributed by atoms with van der Waals surface area (Å²) in [6, 6.07) is 1.46. The molecule has 6 nitrogen and oxygen atoms in total. The van der Waals surface area contributed by atoms with Crippen LogP contribution in [0.1, 0.15) is 13.8 Å². The minimum absolute atomic E-state index is 0.183. The van der Waals surface area contributed by atoms with Gasteiger partial charge in [-0.1, -0.05) is 0 Å². The van der Waals surface area contributed by atoms with Gasteiger partial charge in [0.25, 0.3) is 5.56 Å². The third-order valence-electron chi connectivity index (χ3n) is 2.29. The van der Waals surface area contributed by atoms with E-state index in [9.17, 15) is 9.59 Å². The van der Waals surface area contributed by atoms with Crippen molar-refractivity contribution in [3.05, 3.63) is 22.6 Å². The first-order chi connectivity index (χ1) is 7.58. The predicted molar refractivity (Wildman–Crippen MR) is 61.3 cm³/mol. The zero-order valence-electron chi connectivity index (χ0n) is 9.51. The number of carbonyl (C=O) groups excluding carboxylic acids is 1. The average Bonchev–Trinajstić information content (AvgIpc) is 2.23. The van der Waals surface area contributed by atoms with Crippen LogP contribution in [0.4, 0.5) is 5.69 Å². The maximum Gasteiger partial charge on any atom is 0.269 e. The predicted octanol–water partition coefficient (Wildman–Crippen LogP) is -0.425. The monoisotopic (exact) mass is 224 g/mol. The van der Waals surface area contributed by atoms with Crippen LogP contribution < -0.4 is 16.2 Å². The Kier molecular flexibility index (Phi) is 4.04. The Morgan fingerprint density at radius 1 is 1.50 bits per heavy atom. The minimum atomic E-state index is -0.579. The van der Waals surface area contributed by atoms with Gasteiger partial charge in [0.15, 0.2) is 0 Å². The number of hydrogen-bond acceptors (Lipinski definition) is 4. The number of rotatable bonds is 5. The van der Waals surface area contributed by atoms with E-state index in [1.54, 1.807) is 6.20 Å². The van der Waals surface area contributed by atoms with Crippen molar-refractivity contribution >= 4 is 11.6 Å². The van der Waals surface area contributed by atoms with Gasteiger partial charge in [0.2, 0.25) is 5.91 Å². The van der Waals surface area contributed by atoms with Gasteiger partial charge in [-0.2, -0.15) is 5.10 Å². The lowest BCUT2D eigenvalue weighted by Crippen LogP contribution is -2.31. The van der Waals surface area contributed by atoms with E-state index in [0.29, 0.717) is 0 Å². The maximum atomic E-state index is 11.6. The lowest BCUT2D eigenvalue weighted by molar-refractivity contribution is -0.118. The highest BCUT2D eigenvalue weighted by Crippen LogP contribution is 2.07. The van der Waals surface area contributed by atoms with Crippen molar-refractivity contribution in [1.29, 1.82) is 0 Å². The van der Waals surface area contributed by atoms with E-state index < -0.39 is 5.91 Å². The molecule has 0 saturated carbocycles. The van der Waals surface area contributed by atoms with Gasteiger partial charge < -0.3 is 10.6 Å². The van der Waals surface area contributed by atoms with E-state index in [1.165, 1.54) is 6.07 Å². The zero-order chi connectivity index (χ0) is 12.1. The second-order valence-corrected chi connectivity index (χ2v) is 3.35. The average molecular weight is 224 g/mol. The van der Waals surface area contributed by atoms with Crippen molar-refractivity contribution in [3.63, 3.8) is 0 Å². The molecule has 1 heterocycles. The molecule has 1 rings (SSSR count). The van der Waals surface area contributed by atoms with Crippen LogP contribution in [0, 0.1) is 0 Å². The van der Waals surface area contributed by atoms with Crippen LogP contribution in [0.25, 0.3) is 0 Å². The number of primary amides is 1. The van der Waals surface area contributed by atoms with Crippen molar-refractivity contribution in [1.82, 2.24) is 9.78 Å². The standard InChI is InChI=1S/C10H16N4O2/c1-3-13(4-2)8-5-10(16)14(12-6-8)7-9(11)15/h5-6H,3-4,7H2,1-2H3,(H2,11,15). The molecular weight excluding hydrogens is 208 g/mol. The molecule has 1 aromatic rings. The van der Waals surface area contributed by atoms with Gasteiger partial charge in [0.05, 0.1) is 11.9 Å². The fourth-order valence-electron chi connectivity index (χ4n) is 1.45. The number of nitrogens with two attached hydrogens (primary N) is 1. The molecule has 88 valence electrons. The molecule has 2 N–H and O–H groups in total. The molecule has 0 fully saturated rings. The Hall–Kier alpha value is -1.85. The molecule has 0 saturated heterocycles. The normalized spacial score (nSPS) is 10.1. The number of amides is 1. The second-order valence-electron chi connectivity index (χ2n) is 3.35. The Morgan fingerprint density at radius 3 is 2.56 bits per heavy atom. The third-order valence-corrected chi connectivity index (χ3v) is 2.29. The maximum absolute atomic E-state index is 11.6. The smallest absolute Gasteiger partial charge is 0.269 e. The van der Waals surface area contributed by atoms with Crippen LogP contribution >= 0.6 is 0 Å². The largest absolute Gasteiger partial charge is 0.371 e. The molecular formula is C10H16N4O2. The van der Waals surface area contributed by atoms with Crippen molar-refractivity contribution in [2.24, 2.45) is 5.73 Å². The summed E-state index contributed by atoms with van der Waals surface area (Å²) >= 11 is 0. The molecule has 0 radical (unpaired) electrons. The Labute approximate surface area is 93.7 Å². The fraction of sp³-hybridized carbons (Fsp3) is 0.500. The third kappa shape index (κ3) is 2.82. The quantitative estimate of drug-likeness (QED) is 0.736. The SMILES string of the molecule is CCN(CC)c1cnn(CC(N)=O)c(=O)c1. The van der Waals surface area contributed by atoms with Gasteiger partial charge in [0, 0.05) is 19.2 Å². The zero-order valence-corrected chi connectivity index (χ0v) is 9.51. The van der Waals surface area contributed by atoms with E-state index in [-0.39, 0.29) is 12.1 Å². The first-order valence-electron chi connectivity index (χ1n) is 5.18. The molecule has 0 aliphatic heterocycles. The van der Waals surface area contributed by atoms with E-state index >= 15 is 0 Å². The molecule has 0 aliphatic rings. The van der Waals surface area contributed by atoms with Crippen LogP contribution in [0.5, 0.6) is 0 Å². The summed E-state index contributed by atoms with van der Waals surface area (Å²) < 4.78 is 1.05. The molecule has 0 bridgehead atoms. The van der Waals surface area contributed by atoms with Crippen molar-refractivity contribution in [2.75, 3.05) is 18.0 Å². The van der Waals surface area contributed by atoms with Crippen LogP contribution in [0.15, 0.2) is 17.1 Å². The van der Waals surface area contributed by atoms with Gasteiger partial charge in [-0.3, -0.25) is 9.59 Å². The highest BCUT2D eigenvalue weighted by atomic mass is 16.2. The number of carbonyl (C=O) groups is 1. The molecule has 16 heavy (non-hydrogen) atoms. The minimum Gasteiger partial charge on any atom is -0.371 e.